The van der Waals surface area contributed by atoms with E-state index in [1.165, 1.54) is 0 Å². The summed E-state index contributed by atoms with van der Waals surface area (Å²) in [5, 5.41) is 14.6. The van der Waals surface area contributed by atoms with Crippen LogP contribution in [-0.2, 0) is 15.1 Å². The zero-order valence-corrected chi connectivity index (χ0v) is 18.3. The van der Waals surface area contributed by atoms with Crippen molar-refractivity contribution in [3.8, 4) is 0 Å². The molecular weight excluding hydrogens is 380 g/mol. The van der Waals surface area contributed by atoms with Gasteiger partial charge in [-0.05, 0) is 56.9 Å². The number of ether oxygens (including phenoxy) is 1. The minimum atomic E-state index is -1.43. The van der Waals surface area contributed by atoms with Gasteiger partial charge in [-0.1, -0.05) is 43.2 Å². The molecule has 0 spiro atoms. The number of nitrogens with zero attached hydrogens (tertiary/aromatic N) is 1. The SMILES string of the molecule is CC(C)(C)OC(=O)NCC1C2CN(C(=O)C(O)(c3ccccc3)C3CCCC3)CC12. The molecule has 3 atom stereocenters. The lowest BCUT2D eigenvalue weighted by atomic mass is 9.79. The fraction of sp³-hybridized carbons (Fsp3) is 0.667. The van der Waals surface area contributed by atoms with Crippen LogP contribution in [0.15, 0.2) is 30.3 Å². The number of likely N-dealkylation sites (tertiary alicyclic amines) is 1. The molecular formula is C24H34N2O4. The van der Waals surface area contributed by atoms with Gasteiger partial charge in [-0.15, -0.1) is 0 Å². The fourth-order valence-electron chi connectivity index (χ4n) is 5.44. The van der Waals surface area contributed by atoms with Crippen molar-refractivity contribution in [2.24, 2.45) is 23.7 Å². The number of carbonyl (C=O) groups is 2. The second kappa shape index (κ2) is 7.88. The number of nitrogens with one attached hydrogen (secondary N) is 1. The van der Waals surface area contributed by atoms with E-state index in [1.807, 2.05) is 56.0 Å². The maximum atomic E-state index is 13.5. The van der Waals surface area contributed by atoms with Gasteiger partial charge in [0.15, 0.2) is 5.60 Å². The molecule has 4 rings (SSSR count). The van der Waals surface area contributed by atoms with E-state index in [0.29, 0.717) is 43.0 Å². The molecule has 6 heteroatoms. The molecule has 3 fully saturated rings. The number of hydrogen-bond acceptors (Lipinski definition) is 4. The Labute approximate surface area is 179 Å². The zero-order valence-electron chi connectivity index (χ0n) is 18.3. The highest BCUT2D eigenvalue weighted by atomic mass is 16.6. The normalized spacial score (nSPS) is 28.0. The summed E-state index contributed by atoms with van der Waals surface area (Å²) < 4.78 is 5.30. The second-order valence-electron chi connectivity index (χ2n) is 10.2. The van der Waals surface area contributed by atoms with E-state index in [4.69, 9.17) is 4.74 Å². The predicted molar refractivity (Wildman–Crippen MR) is 114 cm³/mol. The van der Waals surface area contributed by atoms with Crippen LogP contribution >= 0.6 is 0 Å². The van der Waals surface area contributed by atoms with E-state index >= 15 is 0 Å². The van der Waals surface area contributed by atoms with Crippen LogP contribution in [0.2, 0.25) is 0 Å². The van der Waals surface area contributed by atoms with E-state index < -0.39 is 11.2 Å². The van der Waals surface area contributed by atoms with Crippen molar-refractivity contribution in [2.75, 3.05) is 19.6 Å². The maximum Gasteiger partial charge on any atom is 0.407 e. The summed E-state index contributed by atoms with van der Waals surface area (Å²) in [6, 6.07) is 9.45. The number of aliphatic hydroxyl groups is 1. The third-order valence-corrected chi connectivity index (χ3v) is 7.03. The molecule has 3 unspecified atom stereocenters. The molecule has 2 aliphatic carbocycles. The van der Waals surface area contributed by atoms with Gasteiger partial charge in [-0.3, -0.25) is 4.79 Å². The highest BCUT2D eigenvalue weighted by Gasteiger charge is 2.59. The number of benzene rings is 1. The quantitative estimate of drug-likeness (QED) is 0.775. The molecule has 3 aliphatic rings. The molecule has 1 aromatic rings. The number of piperidine rings is 1. The Hall–Kier alpha value is -2.08. The number of amides is 2. The summed E-state index contributed by atoms with van der Waals surface area (Å²) in [6.45, 7) is 7.44. The standard InChI is InChI=1S/C24H34N2O4/c1-23(2,3)30-22(28)25-13-18-19-14-26(15-20(18)19)21(27)24(29,17-11-7-8-12-17)16-9-5-4-6-10-16/h4-6,9-10,17-20,29H,7-8,11-15H2,1-3H3,(H,25,28). The maximum absolute atomic E-state index is 13.5. The van der Waals surface area contributed by atoms with Gasteiger partial charge in [0.1, 0.15) is 5.60 Å². The van der Waals surface area contributed by atoms with Crippen LogP contribution in [0.5, 0.6) is 0 Å². The van der Waals surface area contributed by atoms with Crippen LogP contribution in [0, 0.1) is 23.7 Å². The first-order chi connectivity index (χ1) is 14.2. The largest absolute Gasteiger partial charge is 0.444 e. The Kier molecular flexibility index (Phi) is 5.56. The monoisotopic (exact) mass is 414 g/mol. The summed E-state index contributed by atoms with van der Waals surface area (Å²) in [4.78, 5) is 27.3. The van der Waals surface area contributed by atoms with Crippen LogP contribution in [0.3, 0.4) is 0 Å². The molecule has 2 saturated carbocycles. The second-order valence-corrected chi connectivity index (χ2v) is 10.2. The van der Waals surface area contributed by atoms with E-state index in [2.05, 4.69) is 5.32 Å². The van der Waals surface area contributed by atoms with Crippen LogP contribution < -0.4 is 5.32 Å². The average molecular weight is 415 g/mol. The first-order valence-corrected chi connectivity index (χ1v) is 11.2. The van der Waals surface area contributed by atoms with Crippen LogP contribution in [0.4, 0.5) is 4.79 Å². The highest BCUT2D eigenvalue weighted by molar-refractivity contribution is 5.87. The summed E-state index contributed by atoms with van der Waals surface area (Å²) in [5.41, 5.74) is -1.22. The lowest BCUT2D eigenvalue weighted by Crippen LogP contribution is -2.51. The van der Waals surface area contributed by atoms with Crippen LogP contribution in [0.1, 0.15) is 52.0 Å². The molecule has 6 nitrogen and oxygen atoms in total. The minimum absolute atomic E-state index is 0.0195. The van der Waals surface area contributed by atoms with E-state index in [1.54, 1.807) is 0 Å². The van der Waals surface area contributed by atoms with Crippen molar-refractivity contribution >= 4 is 12.0 Å². The molecule has 0 bridgehead atoms. The molecule has 2 amide bonds. The van der Waals surface area contributed by atoms with Gasteiger partial charge < -0.3 is 20.1 Å². The zero-order chi connectivity index (χ0) is 21.5. The Morgan fingerprint density at radius 1 is 1.10 bits per heavy atom. The molecule has 164 valence electrons. The first-order valence-electron chi connectivity index (χ1n) is 11.2. The minimum Gasteiger partial charge on any atom is -0.444 e. The Balaban J connectivity index is 1.37. The van der Waals surface area contributed by atoms with Crippen molar-refractivity contribution in [3.63, 3.8) is 0 Å². The van der Waals surface area contributed by atoms with Crippen molar-refractivity contribution in [3.05, 3.63) is 35.9 Å². The van der Waals surface area contributed by atoms with Gasteiger partial charge in [0.25, 0.3) is 5.91 Å². The van der Waals surface area contributed by atoms with Gasteiger partial charge in [0, 0.05) is 25.6 Å². The molecule has 1 aromatic carbocycles. The molecule has 2 N–H and O–H groups in total. The van der Waals surface area contributed by atoms with Crippen molar-refractivity contribution in [2.45, 2.75) is 57.7 Å². The van der Waals surface area contributed by atoms with Crippen LogP contribution in [0.25, 0.3) is 0 Å². The third kappa shape index (κ3) is 4.07. The number of carbonyl (C=O) groups excluding carboxylic acids is 2. The van der Waals surface area contributed by atoms with Crippen LogP contribution in [-0.4, -0.2) is 47.2 Å². The molecule has 0 aromatic heterocycles. The van der Waals surface area contributed by atoms with Gasteiger partial charge in [-0.2, -0.15) is 0 Å². The molecule has 0 radical (unpaired) electrons. The lowest BCUT2D eigenvalue weighted by molar-refractivity contribution is -0.159. The van der Waals surface area contributed by atoms with E-state index in [0.717, 1.165) is 25.7 Å². The molecule has 1 aliphatic heterocycles. The first kappa shape index (κ1) is 21.2. The smallest absolute Gasteiger partial charge is 0.407 e. The van der Waals surface area contributed by atoms with E-state index in [9.17, 15) is 14.7 Å². The highest BCUT2D eigenvalue weighted by Crippen LogP contribution is 2.53. The summed E-state index contributed by atoms with van der Waals surface area (Å²) in [6.07, 6.45) is 3.52. The summed E-state index contributed by atoms with van der Waals surface area (Å²) in [5.74, 6) is 1.01. The Bertz CT molecular complexity index is 772. The predicted octanol–water partition coefficient (Wildman–Crippen LogP) is 3.29. The molecule has 30 heavy (non-hydrogen) atoms. The molecule has 1 heterocycles. The lowest BCUT2D eigenvalue weighted by Gasteiger charge is -2.37. The summed E-state index contributed by atoms with van der Waals surface area (Å²) in [7, 11) is 0. The summed E-state index contributed by atoms with van der Waals surface area (Å²) >= 11 is 0. The number of hydrogen-bond donors (Lipinski definition) is 2. The van der Waals surface area contributed by atoms with Gasteiger partial charge in [0.2, 0.25) is 0 Å². The van der Waals surface area contributed by atoms with Gasteiger partial charge >= 0.3 is 6.09 Å². The Morgan fingerprint density at radius 3 is 2.27 bits per heavy atom. The van der Waals surface area contributed by atoms with E-state index in [-0.39, 0.29) is 17.9 Å². The van der Waals surface area contributed by atoms with Crippen molar-refractivity contribution in [1.82, 2.24) is 10.2 Å². The fourth-order valence-corrected chi connectivity index (χ4v) is 5.44. The number of fused-ring (bicyclic) bond motifs is 1. The van der Waals surface area contributed by atoms with Crippen molar-refractivity contribution < 1.29 is 19.4 Å². The third-order valence-electron chi connectivity index (χ3n) is 7.03. The van der Waals surface area contributed by atoms with Gasteiger partial charge in [0.05, 0.1) is 0 Å². The number of alkyl carbamates (subject to hydrolysis) is 1. The Morgan fingerprint density at radius 2 is 1.70 bits per heavy atom. The number of rotatable bonds is 5. The topological polar surface area (TPSA) is 78.9 Å². The van der Waals surface area contributed by atoms with Crippen molar-refractivity contribution in [1.29, 1.82) is 0 Å². The average Bonchev–Trinajstić information content (AvgIpc) is 3.13. The molecule has 1 saturated heterocycles. The van der Waals surface area contributed by atoms with Gasteiger partial charge in [-0.25, -0.2) is 4.79 Å².